The zero-order valence-corrected chi connectivity index (χ0v) is 11.5. The van der Waals surface area contributed by atoms with Crippen LogP contribution >= 0.6 is 0 Å². The quantitative estimate of drug-likeness (QED) is 0.635. The van der Waals surface area contributed by atoms with Crippen LogP contribution in [0.3, 0.4) is 0 Å². The Morgan fingerprint density at radius 2 is 2.17 bits per heavy atom. The van der Waals surface area contributed by atoms with E-state index in [1.165, 1.54) is 12.0 Å². The van der Waals surface area contributed by atoms with Crippen LogP contribution in [0.25, 0.3) is 0 Å². The highest BCUT2D eigenvalue weighted by Crippen LogP contribution is 2.32. The van der Waals surface area contributed by atoms with Gasteiger partial charge in [0.2, 0.25) is 0 Å². The van der Waals surface area contributed by atoms with Crippen LogP contribution in [0.15, 0.2) is 18.2 Å². The van der Waals surface area contributed by atoms with Crippen LogP contribution in [0, 0.1) is 24.2 Å². The van der Waals surface area contributed by atoms with Gasteiger partial charge in [-0.05, 0) is 36.8 Å². The number of nitrogens with two attached hydrogens (primary N) is 1. The number of nitrogens with zero attached hydrogens (tertiary/aromatic N) is 1. The van der Waals surface area contributed by atoms with Crippen LogP contribution in [-0.2, 0) is 0 Å². The molecule has 0 aromatic heterocycles. The van der Waals surface area contributed by atoms with Gasteiger partial charge in [-0.25, -0.2) is 0 Å². The molecule has 98 valence electrons. The van der Waals surface area contributed by atoms with E-state index in [1.807, 2.05) is 12.1 Å². The summed E-state index contributed by atoms with van der Waals surface area (Å²) in [7, 11) is 0. The molecule has 0 radical (unpaired) electrons. The number of amidine groups is 1. The van der Waals surface area contributed by atoms with Gasteiger partial charge in [-0.1, -0.05) is 26.0 Å². The molecular weight excluding hydrogens is 222 g/mol. The molecule has 0 spiro atoms. The van der Waals surface area contributed by atoms with Gasteiger partial charge in [-0.2, -0.15) is 0 Å². The Bertz CT molecular complexity index is 451. The zero-order valence-electron chi connectivity index (χ0n) is 11.5. The summed E-state index contributed by atoms with van der Waals surface area (Å²) in [6, 6.07) is 6.03. The van der Waals surface area contributed by atoms with Crippen LogP contribution in [0.5, 0.6) is 0 Å². The van der Waals surface area contributed by atoms with Gasteiger partial charge in [0, 0.05) is 18.7 Å². The molecule has 1 saturated heterocycles. The van der Waals surface area contributed by atoms with Crippen molar-refractivity contribution < 1.29 is 0 Å². The highest BCUT2D eigenvalue weighted by atomic mass is 15.2. The van der Waals surface area contributed by atoms with E-state index in [1.54, 1.807) is 0 Å². The zero-order chi connectivity index (χ0) is 13.3. The fourth-order valence-electron chi connectivity index (χ4n) is 2.83. The van der Waals surface area contributed by atoms with Gasteiger partial charge in [-0.3, -0.25) is 5.41 Å². The van der Waals surface area contributed by atoms with Gasteiger partial charge in [-0.15, -0.1) is 0 Å². The van der Waals surface area contributed by atoms with Crippen molar-refractivity contribution in [1.82, 2.24) is 0 Å². The minimum absolute atomic E-state index is 0.168. The average Bonchev–Trinajstić information content (AvgIpc) is 2.77. The standard InChI is InChI=1S/C15H23N3/c1-10(2)12-7-8-18(9-12)14-11(3)5-4-6-13(14)15(16)17/h4-6,10,12H,7-9H2,1-3H3,(H3,16,17). The van der Waals surface area contributed by atoms with Gasteiger partial charge in [0.15, 0.2) is 0 Å². The van der Waals surface area contributed by atoms with E-state index in [0.717, 1.165) is 36.2 Å². The Hall–Kier alpha value is -1.51. The summed E-state index contributed by atoms with van der Waals surface area (Å²) in [5.74, 6) is 1.64. The number of hydrogen-bond donors (Lipinski definition) is 2. The second-order valence-electron chi connectivity index (χ2n) is 5.62. The van der Waals surface area contributed by atoms with Crippen molar-refractivity contribution in [3.63, 3.8) is 0 Å². The highest BCUT2D eigenvalue weighted by Gasteiger charge is 2.27. The summed E-state index contributed by atoms with van der Waals surface area (Å²) < 4.78 is 0. The van der Waals surface area contributed by atoms with Crippen molar-refractivity contribution in [2.75, 3.05) is 18.0 Å². The molecule has 18 heavy (non-hydrogen) atoms. The van der Waals surface area contributed by atoms with Crippen molar-refractivity contribution >= 4 is 11.5 Å². The van der Waals surface area contributed by atoms with E-state index in [4.69, 9.17) is 11.1 Å². The molecule has 1 atom stereocenters. The lowest BCUT2D eigenvalue weighted by molar-refractivity contribution is 0.422. The van der Waals surface area contributed by atoms with E-state index in [-0.39, 0.29) is 5.84 Å². The molecule has 0 aliphatic carbocycles. The van der Waals surface area contributed by atoms with Crippen LogP contribution in [-0.4, -0.2) is 18.9 Å². The topological polar surface area (TPSA) is 53.1 Å². The molecule has 1 fully saturated rings. The molecule has 0 amide bonds. The average molecular weight is 245 g/mol. The van der Waals surface area contributed by atoms with Gasteiger partial charge in [0.25, 0.3) is 0 Å². The SMILES string of the molecule is Cc1cccc(C(=N)N)c1N1CCC(C(C)C)C1. The molecule has 0 saturated carbocycles. The number of aryl methyl sites for hydroxylation is 1. The molecule has 2 rings (SSSR count). The van der Waals surface area contributed by atoms with Crippen LogP contribution in [0.2, 0.25) is 0 Å². The Morgan fingerprint density at radius 3 is 2.72 bits per heavy atom. The second kappa shape index (κ2) is 5.01. The molecule has 1 aliphatic heterocycles. The third kappa shape index (κ3) is 2.35. The monoisotopic (exact) mass is 245 g/mol. The van der Waals surface area contributed by atoms with E-state index in [0.29, 0.717) is 0 Å². The third-order valence-corrected chi connectivity index (χ3v) is 4.01. The lowest BCUT2D eigenvalue weighted by Gasteiger charge is -2.24. The Balaban J connectivity index is 2.32. The van der Waals surface area contributed by atoms with Crippen LogP contribution in [0.4, 0.5) is 5.69 Å². The van der Waals surface area contributed by atoms with Gasteiger partial charge in [0.1, 0.15) is 5.84 Å². The second-order valence-corrected chi connectivity index (χ2v) is 5.62. The van der Waals surface area contributed by atoms with Crippen molar-refractivity contribution in [3.05, 3.63) is 29.3 Å². The van der Waals surface area contributed by atoms with Crippen molar-refractivity contribution in [1.29, 1.82) is 5.41 Å². The summed E-state index contributed by atoms with van der Waals surface area (Å²) >= 11 is 0. The fraction of sp³-hybridized carbons (Fsp3) is 0.533. The van der Waals surface area contributed by atoms with Gasteiger partial charge in [0.05, 0.1) is 5.69 Å². The van der Waals surface area contributed by atoms with Crippen LogP contribution in [0.1, 0.15) is 31.4 Å². The molecule has 1 aromatic carbocycles. The first-order valence-electron chi connectivity index (χ1n) is 6.69. The molecular formula is C15H23N3. The minimum Gasteiger partial charge on any atom is -0.384 e. The summed E-state index contributed by atoms with van der Waals surface area (Å²) in [5.41, 5.74) is 8.95. The van der Waals surface area contributed by atoms with E-state index < -0.39 is 0 Å². The van der Waals surface area contributed by atoms with E-state index >= 15 is 0 Å². The first-order chi connectivity index (χ1) is 8.50. The highest BCUT2D eigenvalue weighted by molar-refractivity contribution is 6.01. The molecule has 0 bridgehead atoms. The molecule has 1 unspecified atom stereocenters. The molecule has 3 heteroatoms. The largest absolute Gasteiger partial charge is 0.384 e. The number of para-hydroxylation sites is 1. The summed E-state index contributed by atoms with van der Waals surface area (Å²) in [6.45, 7) is 8.84. The van der Waals surface area contributed by atoms with E-state index in [9.17, 15) is 0 Å². The Morgan fingerprint density at radius 1 is 1.44 bits per heavy atom. The molecule has 1 heterocycles. The van der Waals surface area contributed by atoms with Crippen molar-refractivity contribution in [2.45, 2.75) is 27.2 Å². The normalized spacial score (nSPS) is 19.6. The fourth-order valence-corrected chi connectivity index (χ4v) is 2.83. The Labute approximate surface area is 109 Å². The lowest BCUT2D eigenvalue weighted by atomic mass is 9.95. The predicted molar refractivity (Wildman–Crippen MR) is 77.4 cm³/mol. The smallest absolute Gasteiger partial charge is 0.124 e. The molecule has 3 N–H and O–H groups in total. The molecule has 1 aliphatic rings. The molecule has 3 nitrogen and oxygen atoms in total. The van der Waals surface area contributed by atoms with Gasteiger partial charge >= 0.3 is 0 Å². The first kappa shape index (κ1) is 12.9. The Kier molecular flexibility index (Phi) is 3.60. The van der Waals surface area contributed by atoms with E-state index in [2.05, 4.69) is 31.7 Å². The maximum atomic E-state index is 7.72. The summed E-state index contributed by atoms with van der Waals surface area (Å²) in [4.78, 5) is 2.40. The lowest BCUT2D eigenvalue weighted by Crippen LogP contribution is -2.26. The molecule has 1 aromatic rings. The summed E-state index contributed by atoms with van der Waals surface area (Å²) in [6.07, 6.45) is 1.24. The van der Waals surface area contributed by atoms with Crippen molar-refractivity contribution in [3.8, 4) is 0 Å². The van der Waals surface area contributed by atoms with Crippen molar-refractivity contribution in [2.24, 2.45) is 17.6 Å². The third-order valence-electron chi connectivity index (χ3n) is 4.01. The van der Waals surface area contributed by atoms with Gasteiger partial charge < -0.3 is 10.6 Å². The minimum atomic E-state index is 0.168. The number of hydrogen-bond acceptors (Lipinski definition) is 2. The number of nitrogens with one attached hydrogen (secondary N) is 1. The predicted octanol–water partition coefficient (Wildman–Crippen LogP) is 2.76. The maximum Gasteiger partial charge on any atom is 0.124 e. The number of benzene rings is 1. The first-order valence-corrected chi connectivity index (χ1v) is 6.69. The number of rotatable bonds is 3. The number of nitrogen functional groups attached to an aromatic ring is 1. The number of anilines is 1. The maximum absolute atomic E-state index is 7.72. The van der Waals surface area contributed by atoms with Crippen LogP contribution < -0.4 is 10.6 Å². The summed E-state index contributed by atoms with van der Waals surface area (Å²) in [5, 5.41) is 7.72.